The maximum absolute atomic E-state index is 14.8. The van der Waals surface area contributed by atoms with E-state index in [2.05, 4.69) is 30.3 Å². The number of ether oxygens (including phenoxy) is 1. The number of nitrogens with two attached hydrogens (primary N) is 1. The average Bonchev–Trinajstić information content (AvgIpc) is 3.57. The SMILES string of the molecule is NC1=NC(c2cc(NC(=O)c3cnc(OCC(F)(F)F)cn3)ccc2F)C2CC2(C(=O)NCC(F)F)S1. The minimum atomic E-state index is -4.57. The number of aliphatic imine (C=N–C) groups is 1. The van der Waals surface area contributed by atoms with Crippen LogP contribution in [0, 0.1) is 11.7 Å². The Labute approximate surface area is 209 Å². The third-order valence-electron chi connectivity index (χ3n) is 5.51. The van der Waals surface area contributed by atoms with Gasteiger partial charge in [0.2, 0.25) is 11.8 Å². The first-order valence-corrected chi connectivity index (χ1v) is 11.4. The molecule has 1 aliphatic heterocycles. The molecule has 0 radical (unpaired) electrons. The van der Waals surface area contributed by atoms with Crippen molar-refractivity contribution >= 4 is 34.4 Å². The topological polar surface area (TPSA) is 132 Å². The molecule has 1 fully saturated rings. The van der Waals surface area contributed by atoms with E-state index in [4.69, 9.17) is 5.73 Å². The summed E-state index contributed by atoms with van der Waals surface area (Å²) < 4.78 is 79.8. The fourth-order valence-corrected chi connectivity index (χ4v) is 5.06. The minimum absolute atomic E-state index is 0.0112. The van der Waals surface area contributed by atoms with Crippen LogP contribution in [0.4, 0.5) is 32.0 Å². The van der Waals surface area contributed by atoms with Gasteiger partial charge in [-0.3, -0.25) is 14.6 Å². The van der Waals surface area contributed by atoms with Gasteiger partial charge in [-0.1, -0.05) is 11.8 Å². The lowest BCUT2D eigenvalue weighted by atomic mass is 9.99. The van der Waals surface area contributed by atoms with E-state index in [1.807, 2.05) is 0 Å². The number of hydrogen-bond donors (Lipinski definition) is 3. The number of nitrogens with one attached hydrogen (secondary N) is 2. The van der Waals surface area contributed by atoms with E-state index in [1.165, 1.54) is 12.1 Å². The van der Waals surface area contributed by atoms with Crippen molar-refractivity contribution in [3.05, 3.63) is 47.7 Å². The Kier molecular flexibility index (Phi) is 7.21. The van der Waals surface area contributed by atoms with Gasteiger partial charge in [-0.25, -0.2) is 23.1 Å². The first kappa shape index (κ1) is 26.5. The molecule has 1 aromatic heterocycles. The number of nitrogens with zero attached hydrogens (tertiary/aromatic N) is 3. The molecule has 16 heteroatoms. The number of carbonyl (C=O) groups is 2. The molecule has 4 N–H and O–H groups in total. The molecular weight excluding hydrogens is 530 g/mol. The smallest absolute Gasteiger partial charge is 0.422 e. The van der Waals surface area contributed by atoms with Gasteiger partial charge in [0.1, 0.15) is 16.3 Å². The van der Waals surface area contributed by atoms with Crippen molar-refractivity contribution in [1.29, 1.82) is 0 Å². The number of anilines is 1. The quantitative estimate of drug-likeness (QED) is 0.432. The fraction of sp³-hybridized carbons (Fsp3) is 0.381. The zero-order valence-electron chi connectivity index (χ0n) is 18.6. The second kappa shape index (κ2) is 10.1. The molecule has 198 valence electrons. The molecule has 2 aromatic rings. The number of hydrogen-bond acceptors (Lipinski definition) is 8. The van der Waals surface area contributed by atoms with Crippen LogP contribution in [-0.4, -0.2) is 57.5 Å². The predicted octanol–water partition coefficient (Wildman–Crippen LogP) is 3.05. The van der Waals surface area contributed by atoms with Crippen LogP contribution in [0.25, 0.3) is 0 Å². The monoisotopic (exact) mass is 548 g/mol. The van der Waals surface area contributed by atoms with Crippen LogP contribution < -0.4 is 21.1 Å². The van der Waals surface area contributed by atoms with E-state index in [9.17, 15) is 35.9 Å². The summed E-state index contributed by atoms with van der Waals surface area (Å²) in [5, 5.41) is 4.63. The Morgan fingerprint density at radius 2 is 2.00 bits per heavy atom. The Hall–Kier alpha value is -3.56. The van der Waals surface area contributed by atoms with Gasteiger partial charge in [-0.15, -0.1) is 0 Å². The molecule has 0 spiro atoms. The first-order chi connectivity index (χ1) is 17.4. The molecule has 1 saturated carbocycles. The number of rotatable bonds is 8. The van der Waals surface area contributed by atoms with E-state index in [0.717, 1.165) is 30.2 Å². The van der Waals surface area contributed by atoms with Crippen LogP contribution in [0.2, 0.25) is 0 Å². The molecule has 0 bridgehead atoms. The summed E-state index contributed by atoms with van der Waals surface area (Å²) in [6, 6.07) is 2.71. The van der Waals surface area contributed by atoms with Crippen molar-refractivity contribution in [2.45, 2.75) is 29.8 Å². The van der Waals surface area contributed by atoms with Gasteiger partial charge in [0.05, 0.1) is 25.0 Å². The Morgan fingerprint density at radius 1 is 1.24 bits per heavy atom. The van der Waals surface area contributed by atoms with Crippen LogP contribution in [-0.2, 0) is 4.79 Å². The summed E-state index contributed by atoms with van der Waals surface area (Å²) in [7, 11) is 0. The van der Waals surface area contributed by atoms with Crippen LogP contribution in [0.15, 0.2) is 35.6 Å². The fourth-order valence-electron chi connectivity index (χ4n) is 3.81. The Bertz CT molecular complexity index is 1230. The van der Waals surface area contributed by atoms with Crippen molar-refractivity contribution in [2.24, 2.45) is 16.6 Å². The maximum Gasteiger partial charge on any atom is 0.422 e. The molecule has 9 nitrogen and oxygen atoms in total. The van der Waals surface area contributed by atoms with Crippen LogP contribution >= 0.6 is 11.8 Å². The summed E-state index contributed by atoms with van der Waals surface area (Å²) in [5.74, 6) is -3.07. The summed E-state index contributed by atoms with van der Waals surface area (Å²) in [6.45, 7) is -2.40. The number of fused-ring (bicyclic) bond motifs is 1. The Morgan fingerprint density at radius 3 is 2.65 bits per heavy atom. The molecule has 1 aliphatic carbocycles. The third-order valence-corrected chi connectivity index (χ3v) is 6.85. The zero-order chi connectivity index (χ0) is 27.0. The molecule has 2 amide bonds. The zero-order valence-corrected chi connectivity index (χ0v) is 19.4. The number of benzene rings is 1. The predicted molar refractivity (Wildman–Crippen MR) is 120 cm³/mol. The molecule has 0 saturated heterocycles. The third kappa shape index (κ3) is 6.06. The van der Waals surface area contributed by atoms with E-state index < -0.39 is 66.0 Å². The van der Waals surface area contributed by atoms with Crippen LogP contribution in [0.5, 0.6) is 5.88 Å². The molecule has 2 heterocycles. The minimum Gasteiger partial charge on any atom is -0.467 e. The van der Waals surface area contributed by atoms with Gasteiger partial charge in [0.25, 0.3) is 12.3 Å². The summed E-state index contributed by atoms with van der Waals surface area (Å²) in [6.07, 6.45) is -5.32. The highest BCUT2D eigenvalue weighted by Gasteiger charge is 2.66. The van der Waals surface area contributed by atoms with Gasteiger partial charge in [0.15, 0.2) is 11.8 Å². The van der Waals surface area contributed by atoms with Crippen molar-refractivity contribution in [1.82, 2.24) is 15.3 Å². The number of alkyl halides is 5. The number of aromatic nitrogens is 2. The lowest BCUT2D eigenvalue weighted by molar-refractivity contribution is -0.154. The number of halogens is 6. The largest absolute Gasteiger partial charge is 0.467 e. The lowest BCUT2D eigenvalue weighted by Crippen LogP contribution is -2.41. The number of amides is 2. The van der Waals surface area contributed by atoms with Crippen LogP contribution in [0.3, 0.4) is 0 Å². The molecule has 2 aliphatic rings. The highest BCUT2D eigenvalue weighted by atomic mass is 32.2. The van der Waals surface area contributed by atoms with Crippen LogP contribution in [0.1, 0.15) is 28.5 Å². The van der Waals surface area contributed by atoms with Crippen molar-refractivity contribution in [3.8, 4) is 5.88 Å². The summed E-state index contributed by atoms with van der Waals surface area (Å²) in [5.41, 5.74) is 5.76. The first-order valence-electron chi connectivity index (χ1n) is 10.6. The van der Waals surface area contributed by atoms with Gasteiger partial charge in [0, 0.05) is 17.2 Å². The average molecular weight is 548 g/mol. The number of carbonyl (C=O) groups excluding carboxylic acids is 2. The Balaban J connectivity index is 1.47. The molecule has 3 unspecified atom stereocenters. The lowest BCUT2D eigenvalue weighted by Gasteiger charge is -2.25. The van der Waals surface area contributed by atoms with Gasteiger partial charge in [-0.2, -0.15) is 13.2 Å². The number of amidine groups is 1. The molecule has 4 rings (SSSR count). The molecular formula is C21H18F6N6O3S. The van der Waals surface area contributed by atoms with Crippen molar-refractivity contribution in [2.75, 3.05) is 18.5 Å². The highest BCUT2D eigenvalue weighted by Crippen LogP contribution is 2.63. The second-order valence-corrected chi connectivity index (χ2v) is 9.50. The normalized spacial score (nSPS) is 22.6. The van der Waals surface area contributed by atoms with Crippen molar-refractivity contribution < 1.29 is 40.7 Å². The standard InChI is InChI=1S/C21H18F6N6O3S/c22-12-2-1-9(32-17(34)13-5-30-15(7-29-13)36-8-21(25,26)27)3-10(12)16-11-4-20(11,37-19(28)33-16)18(35)31-6-14(23)24/h1-3,5,7,11,14,16H,4,6,8H2,(H2,28,33)(H,31,35)(H,32,34). The van der Waals surface area contributed by atoms with E-state index in [-0.39, 0.29) is 28.5 Å². The molecule has 1 aromatic carbocycles. The van der Waals surface area contributed by atoms with Gasteiger partial charge >= 0.3 is 6.18 Å². The summed E-state index contributed by atoms with van der Waals surface area (Å²) >= 11 is 0.936. The number of thioether (sulfide) groups is 1. The summed E-state index contributed by atoms with van der Waals surface area (Å²) in [4.78, 5) is 36.6. The molecule has 3 atom stereocenters. The maximum atomic E-state index is 14.8. The van der Waals surface area contributed by atoms with Gasteiger partial charge in [-0.05, 0) is 24.6 Å². The second-order valence-electron chi connectivity index (χ2n) is 8.15. The van der Waals surface area contributed by atoms with E-state index in [0.29, 0.717) is 0 Å². The van der Waals surface area contributed by atoms with E-state index >= 15 is 0 Å². The van der Waals surface area contributed by atoms with E-state index in [1.54, 1.807) is 0 Å². The van der Waals surface area contributed by atoms with Crippen molar-refractivity contribution in [3.63, 3.8) is 0 Å². The molecule has 37 heavy (non-hydrogen) atoms. The van der Waals surface area contributed by atoms with Gasteiger partial charge < -0.3 is 21.1 Å². The highest BCUT2D eigenvalue weighted by molar-refractivity contribution is 8.15.